The molecular weight excluding hydrogens is 332 g/mol. The van der Waals surface area contributed by atoms with Gasteiger partial charge in [-0.05, 0) is 37.6 Å². The van der Waals surface area contributed by atoms with Crippen molar-refractivity contribution in [3.05, 3.63) is 84.8 Å². The van der Waals surface area contributed by atoms with Gasteiger partial charge in [-0.25, -0.2) is 0 Å². The van der Waals surface area contributed by atoms with E-state index in [9.17, 15) is 9.59 Å². The molecule has 0 aliphatic carbocycles. The van der Waals surface area contributed by atoms with Gasteiger partial charge in [-0.1, -0.05) is 47.5 Å². The number of benzene rings is 2. The molecule has 5 heteroatoms. The molecule has 0 bridgehead atoms. The first-order chi connectivity index (χ1) is 12.0. The SMILES string of the molecule is Cc1ccc(NC(=O)/C=c2\[nH]c(=O)/c(=C\c3cccc(C)c3)s2)cc1. The van der Waals surface area contributed by atoms with E-state index in [0.29, 0.717) is 9.20 Å². The Kier molecular flexibility index (Phi) is 4.95. The van der Waals surface area contributed by atoms with Crippen LogP contribution >= 0.6 is 11.3 Å². The molecule has 0 fully saturated rings. The summed E-state index contributed by atoms with van der Waals surface area (Å²) >= 11 is 1.26. The highest BCUT2D eigenvalue weighted by Gasteiger charge is 2.01. The number of aromatic nitrogens is 1. The third kappa shape index (κ3) is 4.55. The first kappa shape index (κ1) is 16.9. The molecule has 4 nitrogen and oxygen atoms in total. The number of anilines is 1. The summed E-state index contributed by atoms with van der Waals surface area (Å²) in [5.74, 6) is -0.275. The topological polar surface area (TPSA) is 62.0 Å². The molecule has 0 saturated carbocycles. The molecular formula is C20H18N2O2S. The van der Waals surface area contributed by atoms with Crippen molar-refractivity contribution in [1.29, 1.82) is 0 Å². The van der Waals surface area contributed by atoms with E-state index in [2.05, 4.69) is 10.3 Å². The van der Waals surface area contributed by atoms with E-state index < -0.39 is 0 Å². The predicted molar refractivity (Wildman–Crippen MR) is 103 cm³/mol. The average Bonchev–Trinajstić information content (AvgIpc) is 2.89. The van der Waals surface area contributed by atoms with Gasteiger partial charge in [0.15, 0.2) is 0 Å². The zero-order chi connectivity index (χ0) is 17.8. The molecule has 3 aromatic rings. The van der Waals surface area contributed by atoms with Gasteiger partial charge in [-0.15, -0.1) is 11.3 Å². The number of aromatic amines is 1. The van der Waals surface area contributed by atoms with Gasteiger partial charge >= 0.3 is 0 Å². The summed E-state index contributed by atoms with van der Waals surface area (Å²) in [5, 5.41) is 2.78. The van der Waals surface area contributed by atoms with Crippen LogP contribution in [0, 0.1) is 13.8 Å². The number of aryl methyl sites for hydroxylation is 2. The maximum Gasteiger partial charge on any atom is 0.266 e. The summed E-state index contributed by atoms with van der Waals surface area (Å²) in [6, 6.07) is 15.4. The Balaban J connectivity index is 1.86. The van der Waals surface area contributed by atoms with Crippen LogP contribution in [0.5, 0.6) is 0 Å². The van der Waals surface area contributed by atoms with E-state index in [1.165, 1.54) is 17.4 Å². The summed E-state index contributed by atoms with van der Waals surface area (Å²) < 4.78 is 1.09. The number of rotatable bonds is 3. The van der Waals surface area contributed by atoms with Crippen molar-refractivity contribution >= 4 is 35.1 Å². The van der Waals surface area contributed by atoms with Crippen molar-refractivity contribution in [1.82, 2.24) is 4.98 Å². The summed E-state index contributed by atoms with van der Waals surface area (Å²) in [5.41, 5.74) is 3.74. The lowest BCUT2D eigenvalue weighted by molar-refractivity contribution is -0.110. The highest BCUT2D eigenvalue weighted by molar-refractivity contribution is 7.07. The Morgan fingerprint density at radius 3 is 2.56 bits per heavy atom. The monoisotopic (exact) mass is 350 g/mol. The number of carbonyl (C=O) groups is 1. The van der Waals surface area contributed by atoms with Crippen molar-refractivity contribution in [2.24, 2.45) is 0 Å². The molecule has 0 saturated heterocycles. The Morgan fingerprint density at radius 2 is 1.84 bits per heavy atom. The summed E-state index contributed by atoms with van der Waals surface area (Å²) in [6.45, 7) is 3.99. The maximum atomic E-state index is 12.1. The average molecular weight is 350 g/mol. The summed E-state index contributed by atoms with van der Waals surface area (Å²) in [6.07, 6.45) is 3.23. The van der Waals surface area contributed by atoms with Crippen LogP contribution in [-0.2, 0) is 4.79 Å². The van der Waals surface area contributed by atoms with Crippen molar-refractivity contribution < 1.29 is 4.79 Å². The smallest absolute Gasteiger partial charge is 0.266 e. The van der Waals surface area contributed by atoms with Crippen molar-refractivity contribution in [2.45, 2.75) is 13.8 Å². The minimum Gasteiger partial charge on any atom is -0.322 e. The number of hydrogen-bond donors (Lipinski definition) is 2. The third-order valence-corrected chi connectivity index (χ3v) is 4.56. The van der Waals surface area contributed by atoms with Gasteiger partial charge < -0.3 is 10.3 Å². The molecule has 0 atom stereocenters. The van der Waals surface area contributed by atoms with Gasteiger partial charge in [-0.3, -0.25) is 9.59 Å². The first-order valence-corrected chi connectivity index (χ1v) is 8.68. The maximum absolute atomic E-state index is 12.1. The number of nitrogens with one attached hydrogen (secondary N) is 2. The number of carbonyl (C=O) groups excluding carboxylic acids is 1. The zero-order valence-electron chi connectivity index (χ0n) is 14.0. The molecule has 1 amide bonds. The van der Waals surface area contributed by atoms with E-state index in [1.54, 1.807) is 0 Å². The summed E-state index contributed by atoms with van der Waals surface area (Å²) in [7, 11) is 0. The second kappa shape index (κ2) is 7.32. The number of H-pyrrole nitrogens is 1. The first-order valence-electron chi connectivity index (χ1n) is 7.86. The normalized spacial score (nSPS) is 12.4. The molecule has 0 aliphatic rings. The third-order valence-electron chi connectivity index (χ3n) is 3.60. The molecule has 0 radical (unpaired) electrons. The van der Waals surface area contributed by atoms with Gasteiger partial charge in [0.2, 0.25) is 0 Å². The molecule has 1 heterocycles. The lowest BCUT2D eigenvalue weighted by atomic mass is 10.1. The molecule has 0 unspecified atom stereocenters. The predicted octanol–water partition coefficient (Wildman–Crippen LogP) is 2.30. The van der Waals surface area contributed by atoms with Crippen LogP contribution in [0.2, 0.25) is 0 Å². The lowest BCUT2D eigenvalue weighted by Gasteiger charge is -2.01. The van der Waals surface area contributed by atoms with Gasteiger partial charge in [0.05, 0.1) is 4.53 Å². The van der Waals surface area contributed by atoms with Crippen LogP contribution in [0.15, 0.2) is 53.3 Å². The van der Waals surface area contributed by atoms with E-state index in [-0.39, 0.29) is 11.5 Å². The van der Waals surface area contributed by atoms with Gasteiger partial charge in [0.1, 0.15) is 4.66 Å². The van der Waals surface area contributed by atoms with E-state index in [0.717, 1.165) is 22.4 Å². The Labute approximate surface area is 149 Å². The van der Waals surface area contributed by atoms with E-state index in [1.807, 2.05) is 68.5 Å². The van der Waals surface area contributed by atoms with E-state index in [4.69, 9.17) is 0 Å². The fourth-order valence-corrected chi connectivity index (χ4v) is 3.26. The fourth-order valence-electron chi connectivity index (χ4n) is 2.37. The van der Waals surface area contributed by atoms with Crippen LogP contribution in [0.25, 0.3) is 12.2 Å². The molecule has 0 aliphatic heterocycles. The van der Waals surface area contributed by atoms with Crippen LogP contribution in [0.1, 0.15) is 16.7 Å². The Hall–Kier alpha value is -2.92. The standard InChI is InChI=1S/C20H18N2O2S/c1-13-6-8-16(9-7-13)21-18(23)12-19-22-20(24)17(25-19)11-15-5-3-4-14(2)10-15/h3-12H,1-2H3,(H,21,23)(H,22,24)/b17-11+,19-12+. The number of amides is 1. The largest absolute Gasteiger partial charge is 0.322 e. The van der Waals surface area contributed by atoms with Crippen LogP contribution in [0.3, 0.4) is 0 Å². The molecule has 126 valence electrons. The van der Waals surface area contributed by atoms with Crippen molar-refractivity contribution in [3.63, 3.8) is 0 Å². The van der Waals surface area contributed by atoms with Gasteiger partial charge in [-0.2, -0.15) is 0 Å². The lowest BCUT2D eigenvalue weighted by Crippen LogP contribution is -2.20. The highest BCUT2D eigenvalue weighted by atomic mass is 32.1. The van der Waals surface area contributed by atoms with Crippen LogP contribution in [0.4, 0.5) is 5.69 Å². The minimum atomic E-state index is -0.275. The zero-order valence-corrected chi connectivity index (χ0v) is 14.8. The Bertz CT molecular complexity index is 1080. The number of hydrogen-bond acceptors (Lipinski definition) is 3. The second-order valence-electron chi connectivity index (χ2n) is 5.84. The molecule has 25 heavy (non-hydrogen) atoms. The summed E-state index contributed by atoms with van der Waals surface area (Å²) in [4.78, 5) is 26.9. The second-order valence-corrected chi connectivity index (χ2v) is 6.93. The molecule has 2 N–H and O–H groups in total. The Morgan fingerprint density at radius 1 is 1.08 bits per heavy atom. The molecule has 0 spiro atoms. The molecule has 1 aromatic heterocycles. The quantitative estimate of drug-likeness (QED) is 0.761. The fraction of sp³-hybridized carbons (Fsp3) is 0.100. The van der Waals surface area contributed by atoms with Gasteiger partial charge in [0, 0.05) is 11.8 Å². The van der Waals surface area contributed by atoms with Crippen molar-refractivity contribution in [2.75, 3.05) is 5.32 Å². The molecule has 2 aromatic carbocycles. The van der Waals surface area contributed by atoms with Crippen LogP contribution < -0.4 is 20.1 Å². The van der Waals surface area contributed by atoms with Crippen molar-refractivity contribution in [3.8, 4) is 0 Å². The van der Waals surface area contributed by atoms with Gasteiger partial charge in [0.25, 0.3) is 11.5 Å². The highest BCUT2D eigenvalue weighted by Crippen LogP contribution is 2.08. The minimum absolute atomic E-state index is 0.194. The molecule has 3 rings (SSSR count). The van der Waals surface area contributed by atoms with Crippen LogP contribution in [-0.4, -0.2) is 10.9 Å². The van der Waals surface area contributed by atoms with E-state index >= 15 is 0 Å². The number of thiazole rings is 1.